The Morgan fingerprint density at radius 3 is 2.89 bits per heavy atom. The summed E-state index contributed by atoms with van der Waals surface area (Å²) in [5.74, 6) is 0. The molecule has 1 fully saturated rings. The molecule has 1 aliphatic rings. The van der Waals surface area contributed by atoms with Crippen molar-refractivity contribution in [3.05, 3.63) is 22.7 Å². The number of sulfonamides is 1. The van der Waals surface area contributed by atoms with Crippen LogP contribution >= 0.6 is 15.9 Å². The van der Waals surface area contributed by atoms with Crippen molar-refractivity contribution in [1.29, 1.82) is 0 Å². The van der Waals surface area contributed by atoms with E-state index >= 15 is 0 Å². The van der Waals surface area contributed by atoms with Gasteiger partial charge in [-0.25, -0.2) is 8.42 Å². The lowest BCUT2D eigenvalue weighted by atomic mass is 10.3. The Morgan fingerprint density at radius 2 is 2.26 bits per heavy atom. The molecule has 19 heavy (non-hydrogen) atoms. The fourth-order valence-corrected chi connectivity index (χ4v) is 4.60. The van der Waals surface area contributed by atoms with Gasteiger partial charge in [-0.05, 0) is 34.1 Å². The Kier molecular flexibility index (Phi) is 4.46. The van der Waals surface area contributed by atoms with Crippen LogP contribution in [-0.2, 0) is 14.8 Å². The van der Waals surface area contributed by atoms with Gasteiger partial charge in [0.25, 0.3) is 0 Å². The molecule has 2 rings (SSSR count). The maximum absolute atomic E-state index is 12.6. The molecule has 1 heterocycles. The second-order valence-corrected chi connectivity index (χ2v) is 6.93. The molecule has 1 atom stereocenters. The van der Waals surface area contributed by atoms with Crippen LogP contribution in [0, 0.1) is 0 Å². The van der Waals surface area contributed by atoms with Gasteiger partial charge in [-0.2, -0.15) is 4.31 Å². The molecule has 0 radical (unpaired) electrons. The number of aliphatic hydroxyl groups excluding tert-OH is 1. The zero-order valence-electron chi connectivity index (χ0n) is 10.1. The average Bonchev–Trinajstić information content (AvgIpc) is 2.38. The van der Waals surface area contributed by atoms with Gasteiger partial charge in [-0.15, -0.1) is 0 Å². The third kappa shape index (κ3) is 2.92. The molecule has 106 valence electrons. The van der Waals surface area contributed by atoms with Crippen LogP contribution in [0.4, 0.5) is 5.69 Å². The van der Waals surface area contributed by atoms with Crippen molar-refractivity contribution in [2.75, 3.05) is 32.1 Å². The molecule has 1 aliphatic heterocycles. The number of nitrogen functional groups attached to an aromatic ring is 1. The van der Waals surface area contributed by atoms with Crippen LogP contribution in [0.2, 0.25) is 0 Å². The maximum Gasteiger partial charge on any atom is 0.244 e. The van der Waals surface area contributed by atoms with E-state index in [1.807, 2.05) is 0 Å². The van der Waals surface area contributed by atoms with Crippen LogP contribution in [0.15, 0.2) is 27.6 Å². The number of nitrogens with two attached hydrogens (primary N) is 1. The number of halogens is 1. The topological polar surface area (TPSA) is 92.9 Å². The largest absolute Gasteiger partial charge is 0.399 e. The standard InChI is InChI=1S/C11H15BrN2O4S/c12-10-5-8(13)1-2-11(10)19(16,17)14-3-4-18-7-9(14)6-15/h1-2,5,9,15H,3-4,6-7,13H2. The zero-order chi connectivity index (χ0) is 14.0. The number of rotatable bonds is 3. The Hall–Kier alpha value is -0.670. The van der Waals surface area contributed by atoms with Crippen molar-refractivity contribution in [2.45, 2.75) is 10.9 Å². The maximum atomic E-state index is 12.6. The number of morpholine rings is 1. The van der Waals surface area contributed by atoms with Crippen LogP contribution in [0.25, 0.3) is 0 Å². The summed E-state index contributed by atoms with van der Waals surface area (Å²) in [5, 5.41) is 9.27. The second-order valence-electron chi connectivity index (χ2n) is 4.22. The molecule has 0 spiro atoms. The van der Waals surface area contributed by atoms with E-state index in [2.05, 4.69) is 15.9 Å². The lowest BCUT2D eigenvalue weighted by Crippen LogP contribution is -2.50. The summed E-state index contributed by atoms with van der Waals surface area (Å²) in [7, 11) is -3.68. The Labute approximate surface area is 120 Å². The van der Waals surface area contributed by atoms with Crippen molar-refractivity contribution in [3.63, 3.8) is 0 Å². The number of ether oxygens (including phenoxy) is 1. The number of hydrogen-bond donors (Lipinski definition) is 2. The summed E-state index contributed by atoms with van der Waals surface area (Å²) >= 11 is 3.21. The van der Waals surface area contributed by atoms with Crippen LogP contribution in [0.3, 0.4) is 0 Å². The lowest BCUT2D eigenvalue weighted by molar-refractivity contribution is 0.0109. The predicted molar refractivity (Wildman–Crippen MR) is 74.1 cm³/mol. The predicted octanol–water partition coefficient (Wildman–Crippen LogP) is 0.413. The van der Waals surface area contributed by atoms with Crippen molar-refractivity contribution in [1.82, 2.24) is 4.31 Å². The first kappa shape index (κ1) is 14.7. The first-order valence-corrected chi connectivity index (χ1v) is 7.95. The van der Waals surface area contributed by atoms with E-state index in [-0.39, 0.29) is 24.7 Å². The SMILES string of the molecule is Nc1ccc(S(=O)(=O)N2CCOCC2CO)c(Br)c1. The molecule has 8 heteroatoms. The molecule has 0 saturated carbocycles. The second kappa shape index (κ2) is 5.76. The van der Waals surface area contributed by atoms with Crippen LogP contribution in [0.1, 0.15) is 0 Å². The van der Waals surface area contributed by atoms with E-state index in [0.29, 0.717) is 16.8 Å². The summed E-state index contributed by atoms with van der Waals surface area (Å²) in [6.07, 6.45) is 0. The van der Waals surface area contributed by atoms with E-state index in [9.17, 15) is 13.5 Å². The van der Waals surface area contributed by atoms with Gasteiger partial charge in [0, 0.05) is 16.7 Å². The third-order valence-corrected chi connectivity index (χ3v) is 5.86. The molecule has 1 aromatic carbocycles. The van der Waals surface area contributed by atoms with Gasteiger partial charge in [-0.3, -0.25) is 0 Å². The quantitative estimate of drug-likeness (QED) is 0.770. The molecule has 1 aromatic rings. The van der Waals surface area contributed by atoms with Gasteiger partial charge in [0.2, 0.25) is 10.0 Å². The molecule has 1 unspecified atom stereocenters. The van der Waals surface area contributed by atoms with E-state index in [1.54, 1.807) is 6.07 Å². The summed E-state index contributed by atoms with van der Waals surface area (Å²) in [6, 6.07) is 3.98. The Morgan fingerprint density at radius 1 is 1.53 bits per heavy atom. The van der Waals surface area contributed by atoms with E-state index in [4.69, 9.17) is 10.5 Å². The summed E-state index contributed by atoms with van der Waals surface area (Å²) < 4.78 is 32.0. The normalized spacial score (nSPS) is 21.5. The number of nitrogens with zero attached hydrogens (tertiary/aromatic N) is 1. The van der Waals surface area contributed by atoms with Gasteiger partial charge in [0.15, 0.2) is 0 Å². The van der Waals surface area contributed by atoms with Crippen molar-refractivity contribution in [3.8, 4) is 0 Å². The minimum atomic E-state index is -3.68. The van der Waals surface area contributed by atoms with Crippen molar-refractivity contribution < 1.29 is 18.3 Å². The molecule has 0 aliphatic carbocycles. The lowest BCUT2D eigenvalue weighted by Gasteiger charge is -2.33. The number of hydrogen-bond acceptors (Lipinski definition) is 5. The summed E-state index contributed by atoms with van der Waals surface area (Å²) in [4.78, 5) is 0.141. The van der Waals surface area contributed by atoms with Crippen molar-refractivity contribution >= 4 is 31.6 Å². The molecule has 0 amide bonds. The molecular formula is C11H15BrN2O4S. The first-order chi connectivity index (χ1) is 8.96. The fraction of sp³-hybridized carbons (Fsp3) is 0.455. The number of aliphatic hydroxyl groups is 1. The van der Waals surface area contributed by atoms with E-state index in [1.165, 1.54) is 16.4 Å². The number of anilines is 1. The molecular weight excluding hydrogens is 336 g/mol. The van der Waals surface area contributed by atoms with E-state index < -0.39 is 16.1 Å². The van der Waals surface area contributed by atoms with Crippen LogP contribution in [0.5, 0.6) is 0 Å². The van der Waals surface area contributed by atoms with E-state index in [0.717, 1.165) is 0 Å². The highest BCUT2D eigenvalue weighted by molar-refractivity contribution is 9.10. The molecule has 0 aromatic heterocycles. The molecule has 1 saturated heterocycles. The minimum Gasteiger partial charge on any atom is -0.399 e. The highest BCUT2D eigenvalue weighted by Gasteiger charge is 2.34. The Bertz CT molecular complexity index is 564. The van der Waals surface area contributed by atoms with Crippen molar-refractivity contribution in [2.24, 2.45) is 0 Å². The fourth-order valence-electron chi connectivity index (χ4n) is 1.95. The van der Waals surface area contributed by atoms with Crippen LogP contribution in [-0.4, -0.2) is 50.2 Å². The van der Waals surface area contributed by atoms with Gasteiger partial charge in [-0.1, -0.05) is 0 Å². The van der Waals surface area contributed by atoms with Gasteiger partial charge in [0.1, 0.15) is 0 Å². The highest BCUT2D eigenvalue weighted by Crippen LogP contribution is 2.28. The first-order valence-electron chi connectivity index (χ1n) is 5.72. The number of benzene rings is 1. The monoisotopic (exact) mass is 350 g/mol. The molecule has 0 bridgehead atoms. The van der Waals surface area contributed by atoms with Gasteiger partial charge < -0.3 is 15.6 Å². The third-order valence-electron chi connectivity index (χ3n) is 2.93. The average molecular weight is 351 g/mol. The molecule has 3 N–H and O–H groups in total. The summed E-state index contributed by atoms with van der Waals surface area (Å²) in [5.41, 5.74) is 6.08. The van der Waals surface area contributed by atoms with Gasteiger partial charge in [0.05, 0.1) is 30.8 Å². The Balaban J connectivity index is 2.40. The highest BCUT2D eigenvalue weighted by atomic mass is 79.9. The van der Waals surface area contributed by atoms with Gasteiger partial charge >= 0.3 is 0 Å². The summed E-state index contributed by atoms with van der Waals surface area (Å²) in [6.45, 7) is 0.473. The molecule has 6 nitrogen and oxygen atoms in total. The van der Waals surface area contributed by atoms with Crippen LogP contribution < -0.4 is 5.73 Å². The zero-order valence-corrected chi connectivity index (χ0v) is 12.5. The smallest absolute Gasteiger partial charge is 0.244 e. The minimum absolute atomic E-state index is 0.141.